The number of aromatic nitrogens is 2. The maximum Gasteiger partial charge on any atom is 0.279 e. The van der Waals surface area contributed by atoms with E-state index >= 15 is 0 Å². The monoisotopic (exact) mass is 311 g/mol. The summed E-state index contributed by atoms with van der Waals surface area (Å²) < 4.78 is 25.2. The second-order valence-corrected chi connectivity index (χ2v) is 5.66. The number of H-pyrrole nitrogens is 1. The molecule has 0 unspecified atom stereocenters. The van der Waals surface area contributed by atoms with Gasteiger partial charge in [0, 0.05) is 13.1 Å². The van der Waals surface area contributed by atoms with E-state index in [4.69, 9.17) is 0 Å². The Morgan fingerprint density at radius 2 is 2.23 bits per heavy atom. The molecule has 0 saturated carbocycles. The Kier molecular flexibility index (Phi) is 6.10. The molecule has 1 heterocycles. The molecule has 0 saturated heterocycles. The number of rotatable bonds is 7. The third-order valence-electron chi connectivity index (χ3n) is 3.92. The number of nitrogens with zero attached hydrogens (tertiary/aromatic N) is 2. The summed E-state index contributed by atoms with van der Waals surface area (Å²) in [7, 11) is 0. The lowest BCUT2D eigenvalue weighted by Crippen LogP contribution is -2.33. The van der Waals surface area contributed by atoms with E-state index in [-0.39, 0.29) is 17.3 Å². The van der Waals surface area contributed by atoms with Crippen LogP contribution in [-0.4, -0.2) is 34.1 Å². The summed E-state index contributed by atoms with van der Waals surface area (Å²) in [6.07, 6.45) is 5.99. The lowest BCUT2D eigenvalue weighted by atomic mass is 9.97. The van der Waals surface area contributed by atoms with Gasteiger partial charge in [0.05, 0.1) is 0 Å². The largest absolute Gasteiger partial charge is 0.337 e. The molecule has 4 nitrogen and oxygen atoms in total. The fourth-order valence-electron chi connectivity index (χ4n) is 2.72. The first-order valence-electron chi connectivity index (χ1n) is 7.92. The molecule has 0 atom stereocenters. The van der Waals surface area contributed by atoms with Crippen molar-refractivity contribution in [2.45, 2.75) is 51.9 Å². The number of hydrogen-bond donors (Lipinski definition) is 1. The van der Waals surface area contributed by atoms with E-state index in [1.807, 2.05) is 6.92 Å². The van der Waals surface area contributed by atoms with Crippen LogP contribution >= 0.6 is 0 Å². The zero-order valence-electron chi connectivity index (χ0n) is 12.9. The highest BCUT2D eigenvalue weighted by atomic mass is 19.3. The Labute approximate surface area is 129 Å². The van der Waals surface area contributed by atoms with Gasteiger partial charge in [0.25, 0.3) is 12.3 Å². The van der Waals surface area contributed by atoms with Crippen molar-refractivity contribution in [2.24, 2.45) is 0 Å². The van der Waals surface area contributed by atoms with Crippen molar-refractivity contribution in [3.8, 4) is 0 Å². The zero-order chi connectivity index (χ0) is 15.9. The van der Waals surface area contributed by atoms with Gasteiger partial charge in [-0.25, -0.2) is 8.78 Å². The minimum Gasteiger partial charge on any atom is -0.337 e. The zero-order valence-corrected chi connectivity index (χ0v) is 12.9. The van der Waals surface area contributed by atoms with Gasteiger partial charge >= 0.3 is 0 Å². The molecule has 0 aromatic carbocycles. The van der Waals surface area contributed by atoms with Crippen LogP contribution in [0.5, 0.6) is 0 Å². The maximum atomic E-state index is 12.6. The average molecular weight is 311 g/mol. The van der Waals surface area contributed by atoms with Crippen LogP contribution in [0, 0.1) is 0 Å². The molecule has 0 bridgehead atoms. The minimum absolute atomic E-state index is 0.0707. The topological polar surface area (TPSA) is 49.0 Å². The smallest absolute Gasteiger partial charge is 0.279 e. The molecule has 1 aromatic heterocycles. The van der Waals surface area contributed by atoms with Crippen molar-refractivity contribution in [1.82, 2.24) is 15.1 Å². The van der Waals surface area contributed by atoms with Gasteiger partial charge in [-0.3, -0.25) is 9.89 Å². The number of amides is 1. The lowest BCUT2D eigenvalue weighted by Gasteiger charge is -2.22. The molecule has 0 aliphatic heterocycles. The Morgan fingerprint density at radius 1 is 1.41 bits per heavy atom. The van der Waals surface area contributed by atoms with Gasteiger partial charge in [0.2, 0.25) is 0 Å². The number of halogens is 2. The van der Waals surface area contributed by atoms with Crippen molar-refractivity contribution < 1.29 is 13.6 Å². The highest BCUT2D eigenvalue weighted by Gasteiger charge is 2.20. The van der Waals surface area contributed by atoms with Crippen LogP contribution in [0.4, 0.5) is 8.78 Å². The first kappa shape index (κ1) is 16.6. The van der Waals surface area contributed by atoms with E-state index in [9.17, 15) is 13.6 Å². The van der Waals surface area contributed by atoms with Crippen LogP contribution in [0.1, 0.15) is 68.1 Å². The first-order chi connectivity index (χ1) is 10.6. The summed E-state index contributed by atoms with van der Waals surface area (Å²) in [5.41, 5.74) is 1.16. The third-order valence-corrected chi connectivity index (χ3v) is 3.92. The quantitative estimate of drug-likeness (QED) is 0.771. The number of carbonyl (C=O) groups is 1. The molecule has 122 valence electrons. The van der Waals surface area contributed by atoms with Crippen LogP contribution in [0.3, 0.4) is 0 Å². The van der Waals surface area contributed by atoms with Gasteiger partial charge in [-0.1, -0.05) is 18.6 Å². The Balaban J connectivity index is 1.99. The van der Waals surface area contributed by atoms with Gasteiger partial charge in [-0.15, -0.1) is 0 Å². The van der Waals surface area contributed by atoms with E-state index in [0.717, 1.165) is 31.7 Å². The number of alkyl halides is 2. The van der Waals surface area contributed by atoms with Crippen molar-refractivity contribution in [1.29, 1.82) is 0 Å². The number of allylic oxidation sites excluding steroid dienone is 1. The van der Waals surface area contributed by atoms with Gasteiger partial charge in [0.15, 0.2) is 5.69 Å². The Bertz CT molecular complexity index is 525. The van der Waals surface area contributed by atoms with Crippen LogP contribution in [0.2, 0.25) is 0 Å². The van der Waals surface area contributed by atoms with Crippen molar-refractivity contribution in [3.05, 3.63) is 29.1 Å². The third kappa shape index (κ3) is 4.39. The number of carbonyl (C=O) groups excluding carboxylic acids is 1. The number of hydrogen-bond acceptors (Lipinski definition) is 2. The van der Waals surface area contributed by atoms with E-state index in [1.54, 1.807) is 4.90 Å². The predicted octanol–water partition coefficient (Wildman–Crippen LogP) is 4.09. The maximum absolute atomic E-state index is 12.6. The molecule has 1 aliphatic rings. The van der Waals surface area contributed by atoms with Crippen LogP contribution in [0.15, 0.2) is 17.7 Å². The Morgan fingerprint density at radius 3 is 2.82 bits per heavy atom. The van der Waals surface area contributed by atoms with E-state index in [1.165, 1.54) is 18.4 Å². The highest BCUT2D eigenvalue weighted by molar-refractivity contribution is 5.92. The van der Waals surface area contributed by atoms with E-state index < -0.39 is 6.43 Å². The molecular formula is C16H23F2N3O. The molecule has 1 amide bonds. The normalized spacial score (nSPS) is 15.0. The molecule has 0 radical (unpaired) electrons. The van der Waals surface area contributed by atoms with Gasteiger partial charge < -0.3 is 4.90 Å². The van der Waals surface area contributed by atoms with Crippen molar-refractivity contribution >= 4 is 5.91 Å². The molecule has 0 fully saturated rings. The second kappa shape index (κ2) is 8.06. The Hall–Kier alpha value is -1.72. The SMILES string of the molecule is CCCN(CCC1=CCCCC1)C(=O)c1cc(C(F)F)[nH]n1. The van der Waals surface area contributed by atoms with Crippen molar-refractivity contribution in [3.63, 3.8) is 0 Å². The second-order valence-electron chi connectivity index (χ2n) is 5.66. The summed E-state index contributed by atoms with van der Waals surface area (Å²) in [6.45, 7) is 3.23. The minimum atomic E-state index is -2.64. The molecule has 22 heavy (non-hydrogen) atoms. The molecule has 1 aromatic rings. The predicted molar refractivity (Wildman–Crippen MR) is 80.9 cm³/mol. The summed E-state index contributed by atoms with van der Waals surface area (Å²) >= 11 is 0. The van der Waals surface area contributed by atoms with Crippen molar-refractivity contribution in [2.75, 3.05) is 13.1 Å². The van der Waals surface area contributed by atoms with E-state index in [0.29, 0.717) is 13.1 Å². The number of nitrogens with one attached hydrogen (secondary N) is 1. The highest BCUT2D eigenvalue weighted by Crippen LogP contribution is 2.21. The molecule has 1 aliphatic carbocycles. The average Bonchev–Trinajstić information content (AvgIpc) is 3.02. The molecule has 1 N–H and O–H groups in total. The van der Waals surface area contributed by atoms with Crippen LogP contribution < -0.4 is 0 Å². The van der Waals surface area contributed by atoms with Crippen LogP contribution in [0.25, 0.3) is 0 Å². The van der Waals surface area contributed by atoms with Crippen LogP contribution in [-0.2, 0) is 0 Å². The summed E-state index contributed by atoms with van der Waals surface area (Å²) in [5, 5.41) is 5.95. The van der Waals surface area contributed by atoms with Gasteiger partial charge in [-0.05, 0) is 44.6 Å². The fourth-order valence-corrected chi connectivity index (χ4v) is 2.72. The number of aromatic amines is 1. The molecule has 2 rings (SSSR count). The van der Waals surface area contributed by atoms with Gasteiger partial charge in [0.1, 0.15) is 5.69 Å². The van der Waals surface area contributed by atoms with Gasteiger partial charge in [-0.2, -0.15) is 5.10 Å². The standard InChI is InChI=1S/C16H23F2N3O/c1-2-9-21(10-8-12-6-4-3-5-7-12)16(22)14-11-13(15(17)18)19-20-14/h6,11,15H,2-5,7-10H2,1H3,(H,19,20). The molecule has 6 heteroatoms. The summed E-state index contributed by atoms with van der Waals surface area (Å²) in [4.78, 5) is 14.1. The first-order valence-corrected chi connectivity index (χ1v) is 7.92. The lowest BCUT2D eigenvalue weighted by molar-refractivity contribution is 0.0751. The summed E-state index contributed by atoms with van der Waals surface area (Å²) in [5.74, 6) is -0.276. The molecule has 0 spiro atoms. The fraction of sp³-hybridized carbons (Fsp3) is 0.625. The van der Waals surface area contributed by atoms with E-state index in [2.05, 4.69) is 16.3 Å². The molecular weight excluding hydrogens is 288 g/mol. The summed E-state index contributed by atoms with van der Waals surface area (Å²) in [6, 6.07) is 1.15.